The highest BCUT2D eigenvalue weighted by molar-refractivity contribution is 5.97. The smallest absolute Gasteiger partial charge is 0.311 e. The van der Waals surface area contributed by atoms with Gasteiger partial charge in [-0.2, -0.15) is 0 Å². The number of aliphatic carboxylic acids is 4. The quantitative estimate of drug-likeness (QED) is 0.559. The van der Waals surface area contributed by atoms with Crippen molar-refractivity contribution in [2.24, 2.45) is 0 Å². The molecule has 0 aliphatic carbocycles. The van der Waals surface area contributed by atoms with Gasteiger partial charge in [0.1, 0.15) is 0 Å². The molecule has 0 amide bonds. The van der Waals surface area contributed by atoms with Crippen LogP contribution in [0.3, 0.4) is 0 Å². The zero-order valence-electron chi connectivity index (χ0n) is 13.5. The molecule has 2 unspecified atom stereocenters. The Hall–Kier alpha value is -3.42. The van der Waals surface area contributed by atoms with Crippen LogP contribution >= 0.6 is 0 Å². The number of carbonyl (C=O) groups is 4. The summed E-state index contributed by atoms with van der Waals surface area (Å²) in [5, 5.41) is 37.5. The number of benzene rings is 2. The lowest BCUT2D eigenvalue weighted by Crippen LogP contribution is -2.18. The number of hydrogen-bond donors (Lipinski definition) is 4. The molecule has 0 radical (unpaired) electrons. The molecule has 8 heteroatoms. The predicted molar refractivity (Wildman–Crippen MR) is 89.2 cm³/mol. The summed E-state index contributed by atoms with van der Waals surface area (Å²) in [5.41, 5.74) is 0.470. The van der Waals surface area contributed by atoms with Gasteiger partial charge in [-0.1, -0.05) is 36.4 Å². The van der Waals surface area contributed by atoms with Crippen LogP contribution < -0.4 is 0 Å². The summed E-state index contributed by atoms with van der Waals surface area (Å²) in [6.07, 6.45) is -1.26. The molecule has 4 N–H and O–H groups in total. The van der Waals surface area contributed by atoms with Gasteiger partial charge in [0, 0.05) is 0 Å². The highest BCUT2D eigenvalue weighted by atomic mass is 16.4. The molecule has 0 fully saturated rings. The Labute approximate surface area is 147 Å². The van der Waals surface area contributed by atoms with Gasteiger partial charge in [-0.15, -0.1) is 0 Å². The van der Waals surface area contributed by atoms with E-state index in [1.807, 2.05) is 0 Å². The Bertz CT molecular complexity index is 813. The first kappa shape index (κ1) is 18.9. The van der Waals surface area contributed by atoms with E-state index < -0.39 is 48.6 Å². The van der Waals surface area contributed by atoms with Crippen molar-refractivity contribution in [3.05, 3.63) is 47.5 Å². The van der Waals surface area contributed by atoms with Crippen molar-refractivity contribution in [2.45, 2.75) is 24.7 Å². The molecule has 0 aromatic heterocycles. The predicted octanol–water partition coefficient (Wildman–Crippen LogP) is 2.13. The SMILES string of the molecule is O=C(O)CC(C(=O)O)c1cccc2c(C(CC(=O)O)C(=O)O)cccc12. The molecule has 2 aromatic rings. The Kier molecular flexibility index (Phi) is 5.56. The van der Waals surface area contributed by atoms with Crippen molar-refractivity contribution >= 4 is 34.6 Å². The molecule has 2 rings (SSSR count). The van der Waals surface area contributed by atoms with Gasteiger partial charge < -0.3 is 20.4 Å². The second-order valence-electron chi connectivity index (χ2n) is 5.77. The number of carboxylic acids is 4. The fourth-order valence-corrected chi connectivity index (χ4v) is 2.98. The van der Waals surface area contributed by atoms with Gasteiger partial charge in [0.25, 0.3) is 0 Å². The van der Waals surface area contributed by atoms with Crippen molar-refractivity contribution in [3.63, 3.8) is 0 Å². The molecule has 8 nitrogen and oxygen atoms in total. The molecular weight excluding hydrogens is 344 g/mol. The van der Waals surface area contributed by atoms with Crippen LogP contribution in [0.2, 0.25) is 0 Å². The minimum absolute atomic E-state index is 0.235. The van der Waals surface area contributed by atoms with Gasteiger partial charge >= 0.3 is 23.9 Å². The summed E-state index contributed by atoms with van der Waals surface area (Å²) >= 11 is 0. The normalized spacial score (nSPS) is 13.1. The van der Waals surface area contributed by atoms with Gasteiger partial charge in [0.05, 0.1) is 24.7 Å². The Morgan fingerprint density at radius 1 is 0.654 bits per heavy atom. The average molecular weight is 360 g/mol. The maximum atomic E-state index is 11.5. The van der Waals surface area contributed by atoms with Crippen molar-refractivity contribution in [1.29, 1.82) is 0 Å². The molecule has 0 bridgehead atoms. The lowest BCUT2D eigenvalue weighted by molar-refractivity contribution is -0.145. The van der Waals surface area contributed by atoms with Crippen LogP contribution in [0.1, 0.15) is 35.8 Å². The first-order valence-corrected chi connectivity index (χ1v) is 7.63. The van der Waals surface area contributed by atoms with E-state index in [0.717, 1.165) is 0 Å². The third-order valence-electron chi connectivity index (χ3n) is 4.09. The van der Waals surface area contributed by atoms with Crippen LogP contribution in [0.5, 0.6) is 0 Å². The summed E-state index contributed by atoms with van der Waals surface area (Å²) in [7, 11) is 0. The molecule has 0 saturated carbocycles. The van der Waals surface area contributed by atoms with Crippen LogP contribution in [0, 0.1) is 0 Å². The number of carboxylic acid groups (broad SMARTS) is 4. The summed E-state index contributed by atoms with van der Waals surface area (Å²) in [6, 6.07) is 9.07. The second-order valence-corrected chi connectivity index (χ2v) is 5.77. The molecule has 2 aromatic carbocycles. The Balaban J connectivity index is 2.68. The molecule has 136 valence electrons. The topological polar surface area (TPSA) is 149 Å². The van der Waals surface area contributed by atoms with Gasteiger partial charge in [0.15, 0.2) is 0 Å². The van der Waals surface area contributed by atoms with Crippen LogP contribution in [0.15, 0.2) is 36.4 Å². The number of rotatable bonds is 8. The van der Waals surface area contributed by atoms with Crippen LogP contribution in [-0.2, 0) is 19.2 Å². The van der Waals surface area contributed by atoms with Gasteiger partial charge in [0.2, 0.25) is 0 Å². The van der Waals surface area contributed by atoms with Crippen LogP contribution in [0.25, 0.3) is 10.8 Å². The van der Waals surface area contributed by atoms with Gasteiger partial charge in [-0.3, -0.25) is 19.2 Å². The molecule has 0 saturated heterocycles. The molecule has 0 aliphatic heterocycles. The summed E-state index contributed by atoms with van der Waals surface area (Å²) in [5.74, 6) is -7.81. The van der Waals surface area contributed by atoms with Crippen molar-refractivity contribution in [2.75, 3.05) is 0 Å². The maximum absolute atomic E-state index is 11.5. The summed E-state index contributed by atoms with van der Waals surface area (Å²) < 4.78 is 0. The molecule has 2 atom stereocenters. The van der Waals surface area contributed by atoms with Gasteiger partial charge in [-0.25, -0.2) is 0 Å². The van der Waals surface area contributed by atoms with Crippen molar-refractivity contribution < 1.29 is 39.6 Å². The van der Waals surface area contributed by atoms with E-state index in [4.69, 9.17) is 10.2 Å². The second kappa shape index (κ2) is 7.64. The van der Waals surface area contributed by atoms with E-state index in [-0.39, 0.29) is 11.1 Å². The maximum Gasteiger partial charge on any atom is 0.311 e. The van der Waals surface area contributed by atoms with E-state index in [2.05, 4.69) is 0 Å². The third-order valence-corrected chi connectivity index (χ3v) is 4.09. The fraction of sp³-hybridized carbons (Fsp3) is 0.222. The molecule has 0 aliphatic rings. The van der Waals surface area contributed by atoms with Gasteiger partial charge in [-0.05, 0) is 21.9 Å². The average Bonchev–Trinajstić information content (AvgIpc) is 2.56. The van der Waals surface area contributed by atoms with E-state index >= 15 is 0 Å². The summed E-state index contributed by atoms with van der Waals surface area (Å²) in [6.45, 7) is 0. The van der Waals surface area contributed by atoms with E-state index in [0.29, 0.717) is 10.8 Å². The Morgan fingerprint density at radius 3 is 1.27 bits per heavy atom. The number of hydrogen-bond acceptors (Lipinski definition) is 4. The lowest BCUT2D eigenvalue weighted by atomic mass is 9.86. The fourth-order valence-electron chi connectivity index (χ4n) is 2.98. The molecule has 0 spiro atoms. The third kappa shape index (κ3) is 3.97. The highest BCUT2D eigenvalue weighted by Crippen LogP contribution is 2.34. The van der Waals surface area contributed by atoms with Crippen molar-refractivity contribution in [3.8, 4) is 0 Å². The monoisotopic (exact) mass is 360 g/mol. The zero-order valence-corrected chi connectivity index (χ0v) is 13.5. The minimum Gasteiger partial charge on any atom is -0.481 e. The number of fused-ring (bicyclic) bond motifs is 1. The lowest BCUT2D eigenvalue weighted by Gasteiger charge is -2.17. The first-order valence-electron chi connectivity index (χ1n) is 7.63. The summed E-state index contributed by atoms with van der Waals surface area (Å²) in [4.78, 5) is 45.0. The standard InChI is InChI=1S/C18H16O8/c19-15(20)7-13(17(23)24)11-5-1-3-9-10(11)4-2-6-12(9)14(18(25)26)8-16(21)22/h1-6,13-14H,7-8H2,(H,19,20)(H,21,22)(H,23,24)(H,25,26). The molecule has 0 heterocycles. The minimum atomic E-state index is -1.31. The van der Waals surface area contributed by atoms with E-state index in [9.17, 15) is 29.4 Å². The molecular formula is C18H16O8. The zero-order chi connectivity index (χ0) is 19.4. The van der Waals surface area contributed by atoms with E-state index in [1.165, 1.54) is 24.3 Å². The first-order chi connectivity index (χ1) is 12.2. The van der Waals surface area contributed by atoms with Crippen molar-refractivity contribution in [1.82, 2.24) is 0 Å². The molecule has 26 heavy (non-hydrogen) atoms. The largest absolute Gasteiger partial charge is 0.481 e. The van der Waals surface area contributed by atoms with Crippen LogP contribution in [-0.4, -0.2) is 44.3 Å². The Morgan fingerprint density at radius 2 is 1.00 bits per heavy atom. The van der Waals surface area contributed by atoms with E-state index in [1.54, 1.807) is 12.1 Å². The van der Waals surface area contributed by atoms with Crippen LogP contribution in [0.4, 0.5) is 0 Å². The highest BCUT2D eigenvalue weighted by Gasteiger charge is 2.28.